The molecule has 4 heteroatoms. The number of rotatable bonds is 2. The summed E-state index contributed by atoms with van der Waals surface area (Å²) in [5.74, 6) is 0.716. The van der Waals surface area contributed by atoms with Gasteiger partial charge in [0.05, 0.1) is 5.02 Å². The van der Waals surface area contributed by atoms with Crippen LogP contribution in [0.25, 0.3) is 0 Å². The standard InChI is InChI=1S/C12H16ClNOS/c1-7-3-4-9(5-7)14-12(15)11-10(13)8(2)6-16-11/h6-7,9H,3-5H2,1-2H3,(H,14,15). The zero-order valence-electron chi connectivity index (χ0n) is 9.55. The van der Waals surface area contributed by atoms with Crippen LogP contribution in [0.5, 0.6) is 0 Å². The van der Waals surface area contributed by atoms with E-state index < -0.39 is 0 Å². The van der Waals surface area contributed by atoms with E-state index in [1.54, 1.807) is 0 Å². The lowest BCUT2D eigenvalue weighted by molar-refractivity contribution is 0.0941. The number of nitrogens with one attached hydrogen (secondary N) is 1. The summed E-state index contributed by atoms with van der Waals surface area (Å²) in [6.07, 6.45) is 3.39. The number of halogens is 1. The van der Waals surface area contributed by atoms with Crippen molar-refractivity contribution in [2.24, 2.45) is 5.92 Å². The van der Waals surface area contributed by atoms with Gasteiger partial charge in [0.1, 0.15) is 4.88 Å². The van der Waals surface area contributed by atoms with Gasteiger partial charge in [0, 0.05) is 6.04 Å². The number of thiophene rings is 1. The molecule has 1 aliphatic rings. The quantitative estimate of drug-likeness (QED) is 0.861. The summed E-state index contributed by atoms with van der Waals surface area (Å²) < 4.78 is 0. The Bertz CT molecular complexity index is 402. The minimum Gasteiger partial charge on any atom is -0.349 e. The SMILES string of the molecule is Cc1csc(C(=O)NC2CCC(C)C2)c1Cl. The van der Waals surface area contributed by atoms with E-state index in [9.17, 15) is 4.79 Å². The Morgan fingerprint density at radius 2 is 2.31 bits per heavy atom. The molecule has 0 aliphatic heterocycles. The maximum absolute atomic E-state index is 12.0. The summed E-state index contributed by atoms with van der Waals surface area (Å²) in [6.45, 7) is 4.15. The van der Waals surface area contributed by atoms with Crippen LogP contribution >= 0.6 is 22.9 Å². The van der Waals surface area contributed by atoms with Gasteiger partial charge in [-0.1, -0.05) is 18.5 Å². The molecular formula is C12H16ClNOS. The second-order valence-electron chi connectivity index (χ2n) is 4.65. The van der Waals surface area contributed by atoms with Gasteiger partial charge in [-0.05, 0) is 43.0 Å². The number of amides is 1. The van der Waals surface area contributed by atoms with Crippen molar-refractivity contribution in [3.63, 3.8) is 0 Å². The predicted octanol–water partition coefficient (Wildman–Crippen LogP) is 3.63. The highest BCUT2D eigenvalue weighted by Gasteiger charge is 2.24. The molecule has 0 saturated heterocycles. The highest BCUT2D eigenvalue weighted by Crippen LogP contribution is 2.29. The summed E-state index contributed by atoms with van der Waals surface area (Å²) in [6, 6.07) is 0.334. The Kier molecular flexibility index (Phi) is 3.55. The van der Waals surface area contributed by atoms with Crippen molar-refractivity contribution in [3.05, 3.63) is 20.8 Å². The van der Waals surface area contributed by atoms with Crippen LogP contribution in [-0.2, 0) is 0 Å². The molecule has 0 radical (unpaired) electrons. The van der Waals surface area contributed by atoms with Crippen molar-refractivity contribution in [1.82, 2.24) is 5.32 Å². The molecule has 0 bridgehead atoms. The average molecular weight is 258 g/mol. The minimum absolute atomic E-state index is 0.0119. The molecule has 1 heterocycles. The van der Waals surface area contributed by atoms with Crippen molar-refractivity contribution in [3.8, 4) is 0 Å². The Labute approximate surface area is 105 Å². The fourth-order valence-corrected chi connectivity index (χ4v) is 3.35. The van der Waals surface area contributed by atoms with E-state index in [1.807, 2.05) is 12.3 Å². The van der Waals surface area contributed by atoms with Crippen LogP contribution in [0.1, 0.15) is 41.4 Å². The van der Waals surface area contributed by atoms with Crippen LogP contribution < -0.4 is 5.32 Å². The molecule has 1 fully saturated rings. The first-order valence-corrected chi connectivity index (χ1v) is 6.88. The van der Waals surface area contributed by atoms with Gasteiger partial charge >= 0.3 is 0 Å². The molecule has 1 N–H and O–H groups in total. The van der Waals surface area contributed by atoms with Crippen LogP contribution in [0.15, 0.2) is 5.38 Å². The first-order valence-electron chi connectivity index (χ1n) is 5.62. The molecule has 0 aromatic carbocycles. The third kappa shape index (κ3) is 2.41. The van der Waals surface area contributed by atoms with Gasteiger partial charge in [0.25, 0.3) is 5.91 Å². The van der Waals surface area contributed by atoms with Crippen LogP contribution in [0.4, 0.5) is 0 Å². The number of hydrogen-bond acceptors (Lipinski definition) is 2. The fraction of sp³-hybridized carbons (Fsp3) is 0.583. The van der Waals surface area contributed by atoms with Crippen molar-refractivity contribution in [2.75, 3.05) is 0 Å². The van der Waals surface area contributed by atoms with E-state index in [2.05, 4.69) is 12.2 Å². The number of carbonyl (C=O) groups is 1. The van der Waals surface area contributed by atoms with Crippen LogP contribution in [0.3, 0.4) is 0 Å². The Morgan fingerprint density at radius 3 is 2.81 bits per heavy atom. The lowest BCUT2D eigenvalue weighted by Crippen LogP contribution is -2.32. The van der Waals surface area contributed by atoms with Crippen LogP contribution in [0.2, 0.25) is 5.02 Å². The van der Waals surface area contributed by atoms with E-state index in [1.165, 1.54) is 17.8 Å². The third-order valence-electron chi connectivity index (χ3n) is 3.14. The van der Waals surface area contributed by atoms with E-state index in [0.717, 1.165) is 24.3 Å². The molecule has 1 amide bonds. The van der Waals surface area contributed by atoms with E-state index in [0.29, 0.717) is 15.9 Å². The molecule has 1 aromatic rings. The number of aryl methyl sites for hydroxylation is 1. The summed E-state index contributed by atoms with van der Waals surface area (Å²) in [5.41, 5.74) is 0.983. The lowest BCUT2D eigenvalue weighted by atomic mass is 10.1. The fourth-order valence-electron chi connectivity index (χ4n) is 2.17. The monoisotopic (exact) mass is 257 g/mol. The molecule has 16 heavy (non-hydrogen) atoms. The number of carbonyl (C=O) groups excluding carboxylic acids is 1. The van der Waals surface area contributed by atoms with Gasteiger partial charge in [-0.25, -0.2) is 0 Å². The molecule has 1 aliphatic carbocycles. The van der Waals surface area contributed by atoms with Gasteiger partial charge in [-0.3, -0.25) is 4.79 Å². The largest absolute Gasteiger partial charge is 0.349 e. The first-order chi connectivity index (χ1) is 7.58. The molecule has 2 rings (SSSR count). The molecule has 2 unspecified atom stereocenters. The van der Waals surface area contributed by atoms with E-state index >= 15 is 0 Å². The zero-order valence-corrected chi connectivity index (χ0v) is 11.1. The molecule has 2 nitrogen and oxygen atoms in total. The smallest absolute Gasteiger partial charge is 0.263 e. The summed E-state index contributed by atoms with van der Waals surface area (Å²) in [4.78, 5) is 12.6. The van der Waals surface area contributed by atoms with Crippen molar-refractivity contribution in [2.45, 2.75) is 39.2 Å². The Hall–Kier alpha value is -0.540. The average Bonchev–Trinajstić information content (AvgIpc) is 2.76. The summed E-state index contributed by atoms with van der Waals surface area (Å²) in [5, 5.41) is 5.60. The van der Waals surface area contributed by atoms with Crippen LogP contribution in [0, 0.1) is 12.8 Å². The predicted molar refractivity (Wildman–Crippen MR) is 68.3 cm³/mol. The highest BCUT2D eigenvalue weighted by atomic mass is 35.5. The van der Waals surface area contributed by atoms with Crippen molar-refractivity contribution < 1.29 is 4.79 Å². The van der Waals surface area contributed by atoms with Gasteiger partial charge < -0.3 is 5.32 Å². The molecule has 0 spiro atoms. The molecule has 2 atom stereocenters. The summed E-state index contributed by atoms with van der Waals surface area (Å²) in [7, 11) is 0. The molecule has 88 valence electrons. The third-order valence-corrected chi connectivity index (χ3v) is 4.83. The van der Waals surface area contributed by atoms with Gasteiger partial charge in [-0.2, -0.15) is 0 Å². The topological polar surface area (TPSA) is 29.1 Å². The molecule has 1 saturated carbocycles. The maximum Gasteiger partial charge on any atom is 0.263 e. The zero-order chi connectivity index (χ0) is 11.7. The molecule has 1 aromatic heterocycles. The first kappa shape index (κ1) is 11.9. The number of hydrogen-bond donors (Lipinski definition) is 1. The Balaban J connectivity index is 2.01. The second-order valence-corrected chi connectivity index (χ2v) is 5.91. The van der Waals surface area contributed by atoms with Gasteiger partial charge in [-0.15, -0.1) is 11.3 Å². The Morgan fingerprint density at radius 1 is 1.56 bits per heavy atom. The van der Waals surface area contributed by atoms with Crippen LogP contribution in [-0.4, -0.2) is 11.9 Å². The van der Waals surface area contributed by atoms with Gasteiger partial charge in [0.2, 0.25) is 0 Å². The van der Waals surface area contributed by atoms with E-state index in [4.69, 9.17) is 11.6 Å². The van der Waals surface area contributed by atoms with Gasteiger partial charge in [0.15, 0.2) is 0 Å². The lowest BCUT2D eigenvalue weighted by Gasteiger charge is -2.11. The van der Waals surface area contributed by atoms with Crippen molar-refractivity contribution >= 4 is 28.8 Å². The van der Waals surface area contributed by atoms with Crippen molar-refractivity contribution in [1.29, 1.82) is 0 Å². The highest BCUT2D eigenvalue weighted by molar-refractivity contribution is 7.13. The second kappa shape index (κ2) is 4.76. The maximum atomic E-state index is 12.0. The molecular weight excluding hydrogens is 242 g/mol. The van der Waals surface area contributed by atoms with E-state index in [-0.39, 0.29) is 5.91 Å². The minimum atomic E-state index is -0.0119. The normalized spacial score (nSPS) is 24.7. The summed E-state index contributed by atoms with van der Waals surface area (Å²) >= 11 is 7.49.